The molecule has 2 amide bonds. The van der Waals surface area contributed by atoms with Gasteiger partial charge >= 0.3 is 0 Å². The van der Waals surface area contributed by atoms with Gasteiger partial charge in [-0.05, 0) is 43.4 Å². The standard InChI is InChI=1S/C17H24N2O4/c1-11(2)13-6-4-7-14(10-13)23-12(3)16(20)18-19-17(21)15-8-5-9-22-15/h4,6-7,10-12,15H,5,8-9H2,1-3H3,(H,18,20)(H,19,21). The van der Waals surface area contributed by atoms with Crippen LogP contribution in [-0.4, -0.2) is 30.6 Å². The smallest absolute Gasteiger partial charge is 0.279 e. The highest BCUT2D eigenvalue weighted by atomic mass is 16.5. The maximum Gasteiger partial charge on any atom is 0.279 e. The average molecular weight is 320 g/mol. The molecule has 1 aromatic rings. The van der Waals surface area contributed by atoms with Gasteiger partial charge in [0.05, 0.1) is 0 Å². The van der Waals surface area contributed by atoms with Crippen molar-refractivity contribution >= 4 is 11.8 Å². The van der Waals surface area contributed by atoms with Crippen molar-refractivity contribution in [2.75, 3.05) is 6.61 Å². The van der Waals surface area contributed by atoms with E-state index in [1.165, 1.54) is 0 Å². The molecule has 1 saturated heterocycles. The van der Waals surface area contributed by atoms with Crippen molar-refractivity contribution in [2.24, 2.45) is 0 Å². The molecule has 23 heavy (non-hydrogen) atoms. The van der Waals surface area contributed by atoms with Gasteiger partial charge in [0, 0.05) is 6.61 Å². The van der Waals surface area contributed by atoms with Crippen LogP contribution in [0, 0.1) is 0 Å². The summed E-state index contributed by atoms with van der Waals surface area (Å²) in [6.07, 6.45) is 0.337. The molecule has 2 unspecified atom stereocenters. The van der Waals surface area contributed by atoms with Crippen molar-refractivity contribution in [1.82, 2.24) is 10.9 Å². The van der Waals surface area contributed by atoms with E-state index in [0.29, 0.717) is 24.7 Å². The summed E-state index contributed by atoms with van der Waals surface area (Å²) >= 11 is 0. The Bertz CT molecular complexity index is 553. The Morgan fingerprint density at radius 2 is 2.04 bits per heavy atom. The Morgan fingerprint density at radius 1 is 1.26 bits per heavy atom. The molecule has 0 aliphatic carbocycles. The van der Waals surface area contributed by atoms with Crippen molar-refractivity contribution in [3.8, 4) is 5.75 Å². The summed E-state index contributed by atoms with van der Waals surface area (Å²) in [6, 6.07) is 7.64. The molecule has 6 heteroatoms. The molecule has 6 nitrogen and oxygen atoms in total. The lowest BCUT2D eigenvalue weighted by molar-refractivity contribution is -0.136. The van der Waals surface area contributed by atoms with E-state index in [4.69, 9.17) is 9.47 Å². The molecule has 0 radical (unpaired) electrons. The van der Waals surface area contributed by atoms with Crippen molar-refractivity contribution in [1.29, 1.82) is 0 Å². The zero-order valence-electron chi connectivity index (χ0n) is 13.8. The number of hydrogen-bond donors (Lipinski definition) is 2. The highest BCUT2D eigenvalue weighted by molar-refractivity contribution is 5.86. The lowest BCUT2D eigenvalue weighted by Crippen LogP contribution is -2.50. The molecular weight excluding hydrogens is 296 g/mol. The maximum absolute atomic E-state index is 12.0. The number of hydrazine groups is 1. The summed E-state index contributed by atoms with van der Waals surface area (Å²) in [6.45, 7) is 6.40. The molecule has 0 aromatic heterocycles. The van der Waals surface area contributed by atoms with Crippen LogP contribution in [0.4, 0.5) is 0 Å². The number of hydrogen-bond acceptors (Lipinski definition) is 4. The van der Waals surface area contributed by atoms with Gasteiger partial charge in [0.15, 0.2) is 6.10 Å². The van der Waals surface area contributed by atoms with Gasteiger partial charge in [0.2, 0.25) is 0 Å². The maximum atomic E-state index is 12.0. The number of carbonyl (C=O) groups excluding carboxylic acids is 2. The number of amides is 2. The van der Waals surface area contributed by atoms with E-state index < -0.39 is 18.1 Å². The minimum absolute atomic E-state index is 0.329. The van der Waals surface area contributed by atoms with Crippen molar-refractivity contribution in [3.63, 3.8) is 0 Å². The molecule has 2 N–H and O–H groups in total. The second-order valence-corrected chi connectivity index (χ2v) is 5.97. The zero-order chi connectivity index (χ0) is 16.8. The Labute approximate surface area is 136 Å². The van der Waals surface area contributed by atoms with Crippen LogP contribution in [0.2, 0.25) is 0 Å². The number of benzene rings is 1. The molecule has 2 rings (SSSR count). The van der Waals surface area contributed by atoms with E-state index >= 15 is 0 Å². The molecule has 126 valence electrons. The Hall–Kier alpha value is -2.08. The first-order valence-corrected chi connectivity index (χ1v) is 7.95. The third-order valence-electron chi connectivity index (χ3n) is 3.74. The highest BCUT2D eigenvalue weighted by Gasteiger charge is 2.24. The summed E-state index contributed by atoms with van der Waals surface area (Å²) in [5, 5.41) is 0. The molecular formula is C17H24N2O4. The fourth-order valence-corrected chi connectivity index (χ4v) is 2.29. The van der Waals surface area contributed by atoms with Crippen LogP contribution in [0.1, 0.15) is 45.1 Å². The predicted octanol–water partition coefficient (Wildman–Crippen LogP) is 1.90. The first-order chi connectivity index (χ1) is 11.0. The quantitative estimate of drug-likeness (QED) is 0.813. The van der Waals surface area contributed by atoms with Crippen molar-refractivity contribution < 1.29 is 19.1 Å². The first-order valence-electron chi connectivity index (χ1n) is 7.95. The monoisotopic (exact) mass is 320 g/mol. The number of ether oxygens (including phenoxy) is 2. The fourth-order valence-electron chi connectivity index (χ4n) is 2.29. The summed E-state index contributed by atoms with van der Waals surface area (Å²) in [5.41, 5.74) is 5.89. The summed E-state index contributed by atoms with van der Waals surface area (Å²) < 4.78 is 10.9. The van der Waals surface area contributed by atoms with Gasteiger partial charge in [0.25, 0.3) is 11.8 Å². The van der Waals surface area contributed by atoms with E-state index in [1.807, 2.05) is 18.2 Å². The second-order valence-electron chi connectivity index (χ2n) is 5.97. The molecule has 1 aliphatic heterocycles. The van der Waals surface area contributed by atoms with E-state index in [9.17, 15) is 9.59 Å². The van der Waals surface area contributed by atoms with Crippen LogP contribution >= 0.6 is 0 Å². The third kappa shape index (κ3) is 4.96. The van der Waals surface area contributed by atoms with Gasteiger partial charge < -0.3 is 9.47 Å². The number of rotatable bonds is 5. The van der Waals surface area contributed by atoms with Gasteiger partial charge in [-0.25, -0.2) is 0 Å². The third-order valence-corrected chi connectivity index (χ3v) is 3.74. The molecule has 0 spiro atoms. The second kappa shape index (κ2) is 7.97. The largest absolute Gasteiger partial charge is 0.481 e. The van der Waals surface area contributed by atoms with Gasteiger partial charge in [-0.2, -0.15) is 0 Å². The van der Waals surface area contributed by atoms with Gasteiger partial charge in [-0.3, -0.25) is 20.4 Å². The van der Waals surface area contributed by atoms with Crippen molar-refractivity contribution in [3.05, 3.63) is 29.8 Å². The number of carbonyl (C=O) groups is 2. The van der Waals surface area contributed by atoms with Crippen LogP contribution in [0.15, 0.2) is 24.3 Å². The summed E-state index contributed by atoms with van der Waals surface area (Å²) in [5.74, 6) is 0.272. The first kappa shape index (κ1) is 17.3. The van der Waals surface area contributed by atoms with E-state index in [2.05, 4.69) is 24.7 Å². The van der Waals surface area contributed by atoms with Crippen LogP contribution in [0.3, 0.4) is 0 Å². The summed E-state index contributed by atoms with van der Waals surface area (Å²) in [7, 11) is 0. The van der Waals surface area contributed by atoms with E-state index in [-0.39, 0.29) is 5.91 Å². The van der Waals surface area contributed by atoms with Gasteiger partial charge in [-0.1, -0.05) is 26.0 Å². The van der Waals surface area contributed by atoms with E-state index in [0.717, 1.165) is 12.0 Å². The predicted molar refractivity (Wildman–Crippen MR) is 85.9 cm³/mol. The van der Waals surface area contributed by atoms with Crippen LogP contribution in [-0.2, 0) is 14.3 Å². The van der Waals surface area contributed by atoms with Gasteiger partial charge in [0.1, 0.15) is 11.9 Å². The van der Waals surface area contributed by atoms with Crippen LogP contribution < -0.4 is 15.6 Å². The Kier molecular flexibility index (Phi) is 5.98. The average Bonchev–Trinajstić information content (AvgIpc) is 3.07. The topological polar surface area (TPSA) is 76.7 Å². The highest BCUT2D eigenvalue weighted by Crippen LogP contribution is 2.21. The lowest BCUT2D eigenvalue weighted by Gasteiger charge is -2.17. The van der Waals surface area contributed by atoms with E-state index in [1.54, 1.807) is 13.0 Å². The van der Waals surface area contributed by atoms with Crippen LogP contribution in [0.5, 0.6) is 5.75 Å². The van der Waals surface area contributed by atoms with Crippen LogP contribution in [0.25, 0.3) is 0 Å². The molecule has 1 aromatic carbocycles. The van der Waals surface area contributed by atoms with Crippen molar-refractivity contribution in [2.45, 2.75) is 51.7 Å². The fraction of sp³-hybridized carbons (Fsp3) is 0.529. The minimum Gasteiger partial charge on any atom is -0.481 e. The molecule has 0 saturated carbocycles. The zero-order valence-corrected chi connectivity index (χ0v) is 13.8. The Balaban J connectivity index is 1.82. The molecule has 1 aliphatic rings. The Morgan fingerprint density at radius 3 is 2.70 bits per heavy atom. The minimum atomic E-state index is -0.720. The summed E-state index contributed by atoms with van der Waals surface area (Å²) in [4.78, 5) is 23.8. The van der Waals surface area contributed by atoms with Gasteiger partial charge in [-0.15, -0.1) is 0 Å². The molecule has 0 bridgehead atoms. The molecule has 2 atom stereocenters. The SMILES string of the molecule is CC(Oc1cccc(C(C)C)c1)C(=O)NNC(=O)C1CCCO1. The molecule has 1 fully saturated rings. The molecule has 1 heterocycles. The number of nitrogens with one attached hydrogen (secondary N) is 2. The lowest BCUT2D eigenvalue weighted by atomic mass is 10.0. The normalized spacial score (nSPS) is 18.5.